The topological polar surface area (TPSA) is 47.0 Å². The predicted octanol–water partition coefficient (Wildman–Crippen LogP) is 2.25. The molecular weight excluding hydrogens is 214 g/mol. The molecule has 4 heteroatoms. The van der Waals surface area contributed by atoms with Gasteiger partial charge in [-0.2, -0.15) is 0 Å². The van der Waals surface area contributed by atoms with Crippen LogP contribution in [0.1, 0.15) is 12.7 Å². The minimum absolute atomic E-state index is 0.666. The zero-order valence-corrected chi connectivity index (χ0v) is 10.2. The van der Waals surface area contributed by atoms with E-state index in [0.717, 1.165) is 35.5 Å². The lowest BCUT2D eigenvalue weighted by Crippen LogP contribution is -2.10. The third-order valence-electron chi connectivity index (χ3n) is 2.56. The van der Waals surface area contributed by atoms with Crippen molar-refractivity contribution in [2.24, 2.45) is 0 Å². The summed E-state index contributed by atoms with van der Waals surface area (Å²) in [5.74, 6) is 1.76. The van der Waals surface area contributed by atoms with Crippen LogP contribution in [-0.4, -0.2) is 30.2 Å². The molecule has 0 radical (unpaired) electrons. The number of nitrogens with zero attached hydrogens (tertiary/aromatic N) is 2. The summed E-state index contributed by atoms with van der Waals surface area (Å²) >= 11 is 0. The maximum atomic E-state index is 5.03. The summed E-state index contributed by atoms with van der Waals surface area (Å²) in [5, 5.41) is 4.34. The first kappa shape index (κ1) is 11.8. The number of hydrogen-bond donors (Lipinski definition) is 1. The van der Waals surface area contributed by atoms with Crippen LogP contribution in [0.15, 0.2) is 24.3 Å². The monoisotopic (exact) mass is 231 g/mol. The summed E-state index contributed by atoms with van der Waals surface area (Å²) in [4.78, 5) is 9.01. The molecule has 4 nitrogen and oxygen atoms in total. The van der Waals surface area contributed by atoms with Crippen molar-refractivity contribution in [3.05, 3.63) is 30.1 Å². The van der Waals surface area contributed by atoms with E-state index in [4.69, 9.17) is 4.74 Å². The van der Waals surface area contributed by atoms with Crippen molar-refractivity contribution < 1.29 is 4.74 Å². The van der Waals surface area contributed by atoms with Crippen molar-refractivity contribution in [2.75, 3.05) is 25.6 Å². The van der Waals surface area contributed by atoms with Crippen LogP contribution in [0.2, 0.25) is 0 Å². The molecular formula is C13H17N3O. The highest BCUT2D eigenvalue weighted by Gasteiger charge is 2.05. The van der Waals surface area contributed by atoms with E-state index in [1.165, 1.54) is 0 Å². The first-order valence-corrected chi connectivity index (χ1v) is 5.83. The normalized spacial score (nSPS) is 10.7. The fourth-order valence-corrected chi connectivity index (χ4v) is 1.69. The van der Waals surface area contributed by atoms with Crippen molar-refractivity contribution >= 4 is 16.7 Å². The van der Waals surface area contributed by atoms with Crippen LogP contribution in [0.5, 0.6) is 0 Å². The number of hydrogen-bond acceptors (Lipinski definition) is 4. The second-order valence-corrected chi connectivity index (χ2v) is 3.78. The quantitative estimate of drug-likeness (QED) is 0.802. The van der Waals surface area contributed by atoms with Gasteiger partial charge < -0.3 is 10.1 Å². The molecule has 0 saturated heterocycles. The first-order valence-electron chi connectivity index (χ1n) is 5.83. The van der Waals surface area contributed by atoms with Gasteiger partial charge in [0.2, 0.25) is 0 Å². The molecule has 0 aliphatic heterocycles. The maximum Gasteiger partial charge on any atom is 0.137 e. The molecule has 2 aromatic rings. The van der Waals surface area contributed by atoms with Crippen molar-refractivity contribution in [1.29, 1.82) is 0 Å². The Hall–Kier alpha value is -1.68. The van der Waals surface area contributed by atoms with Crippen molar-refractivity contribution in [3.63, 3.8) is 0 Å². The van der Waals surface area contributed by atoms with E-state index in [-0.39, 0.29) is 0 Å². The number of nitrogens with one attached hydrogen (secondary N) is 1. The van der Waals surface area contributed by atoms with Gasteiger partial charge in [0.15, 0.2) is 0 Å². The standard InChI is InChI=1S/C13H17N3O/c1-3-12-15-11-7-5-4-6-10(11)13(16-12)14-8-9-17-2/h4-7H,3,8-9H2,1-2H3,(H,14,15,16). The number of methoxy groups -OCH3 is 1. The minimum atomic E-state index is 0.666. The van der Waals surface area contributed by atoms with Crippen LogP contribution >= 0.6 is 0 Å². The van der Waals surface area contributed by atoms with Crippen LogP contribution < -0.4 is 5.32 Å². The highest BCUT2D eigenvalue weighted by Crippen LogP contribution is 2.19. The first-order chi connectivity index (χ1) is 8.35. The lowest BCUT2D eigenvalue weighted by atomic mass is 10.2. The third kappa shape index (κ3) is 2.71. The molecule has 0 unspecified atom stereocenters. The molecule has 0 amide bonds. The Labute approximate surface area is 101 Å². The summed E-state index contributed by atoms with van der Waals surface area (Å²) in [7, 11) is 1.69. The molecule has 1 N–H and O–H groups in total. The molecule has 90 valence electrons. The molecule has 1 aromatic carbocycles. The number of aromatic nitrogens is 2. The second kappa shape index (κ2) is 5.59. The number of anilines is 1. The molecule has 2 rings (SSSR count). The van der Waals surface area contributed by atoms with Gasteiger partial charge in [-0.3, -0.25) is 0 Å². The Kier molecular flexibility index (Phi) is 3.88. The molecule has 0 aliphatic rings. The van der Waals surface area contributed by atoms with Gasteiger partial charge in [-0.05, 0) is 12.1 Å². The second-order valence-electron chi connectivity index (χ2n) is 3.78. The molecule has 0 aliphatic carbocycles. The lowest BCUT2D eigenvalue weighted by Gasteiger charge is -2.09. The molecule has 17 heavy (non-hydrogen) atoms. The van der Waals surface area contributed by atoms with Gasteiger partial charge in [0.1, 0.15) is 11.6 Å². The summed E-state index contributed by atoms with van der Waals surface area (Å²) < 4.78 is 5.03. The van der Waals surface area contributed by atoms with Crippen LogP contribution in [0, 0.1) is 0 Å². The predicted molar refractivity (Wildman–Crippen MR) is 69.3 cm³/mol. The van der Waals surface area contributed by atoms with E-state index in [1.54, 1.807) is 7.11 Å². The van der Waals surface area contributed by atoms with E-state index in [9.17, 15) is 0 Å². The average Bonchev–Trinajstić information content (AvgIpc) is 2.38. The van der Waals surface area contributed by atoms with Crippen LogP contribution in [-0.2, 0) is 11.2 Å². The van der Waals surface area contributed by atoms with Crippen molar-refractivity contribution in [3.8, 4) is 0 Å². The van der Waals surface area contributed by atoms with E-state index in [2.05, 4.69) is 22.2 Å². The van der Waals surface area contributed by atoms with E-state index < -0.39 is 0 Å². The summed E-state index contributed by atoms with van der Waals surface area (Å²) in [5.41, 5.74) is 0.985. The lowest BCUT2D eigenvalue weighted by molar-refractivity contribution is 0.210. The van der Waals surface area contributed by atoms with Gasteiger partial charge in [0.25, 0.3) is 0 Å². The van der Waals surface area contributed by atoms with Gasteiger partial charge in [-0.25, -0.2) is 9.97 Å². The number of benzene rings is 1. The smallest absolute Gasteiger partial charge is 0.137 e. The molecule has 1 aromatic heterocycles. The van der Waals surface area contributed by atoms with Gasteiger partial charge >= 0.3 is 0 Å². The summed E-state index contributed by atoms with van der Waals surface area (Å²) in [6, 6.07) is 8.04. The SMILES string of the molecule is CCc1nc(NCCOC)c2ccccc2n1. The number of para-hydroxylation sites is 1. The molecule has 0 bridgehead atoms. The number of fused-ring (bicyclic) bond motifs is 1. The van der Waals surface area contributed by atoms with Crippen LogP contribution in [0.3, 0.4) is 0 Å². The fourth-order valence-electron chi connectivity index (χ4n) is 1.69. The van der Waals surface area contributed by atoms with Gasteiger partial charge in [-0.15, -0.1) is 0 Å². The number of rotatable bonds is 5. The Morgan fingerprint density at radius 2 is 2.06 bits per heavy atom. The minimum Gasteiger partial charge on any atom is -0.383 e. The Balaban J connectivity index is 2.36. The van der Waals surface area contributed by atoms with Gasteiger partial charge in [0, 0.05) is 25.5 Å². The Morgan fingerprint density at radius 3 is 2.82 bits per heavy atom. The van der Waals surface area contributed by atoms with Gasteiger partial charge in [-0.1, -0.05) is 19.1 Å². The van der Waals surface area contributed by atoms with E-state index in [0.29, 0.717) is 6.61 Å². The Morgan fingerprint density at radius 1 is 1.24 bits per heavy atom. The molecule has 0 saturated carbocycles. The van der Waals surface area contributed by atoms with E-state index in [1.807, 2.05) is 24.3 Å². The highest BCUT2D eigenvalue weighted by molar-refractivity contribution is 5.88. The summed E-state index contributed by atoms with van der Waals surface area (Å²) in [6.07, 6.45) is 0.837. The fraction of sp³-hybridized carbons (Fsp3) is 0.385. The third-order valence-corrected chi connectivity index (χ3v) is 2.56. The number of aryl methyl sites for hydroxylation is 1. The van der Waals surface area contributed by atoms with Crippen LogP contribution in [0.25, 0.3) is 10.9 Å². The maximum absolute atomic E-state index is 5.03. The van der Waals surface area contributed by atoms with Crippen molar-refractivity contribution in [2.45, 2.75) is 13.3 Å². The summed E-state index contributed by atoms with van der Waals surface area (Å²) in [6.45, 7) is 3.48. The molecule has 0 atom stereocenters. The number of ether oxygens (including phenoxy) is 1. The molecule has 1 heterocycles. The van der Waals surface area contributed by atoms with Crippen molar-refractivity contribution in [1.82, 2.24) is 9.97 Å². The Bertz CT molecular complexity index is 499. The molecule has 0 spiro atoms. The zero-order chi connectivity index (χ0) is 12.1. The highest BCUT2D eigenvalue weighted by atomic mass is 16.5. The van der Waals surface area contributed by atoms with E-state index >= 15 is 0 Å². The average molecular weight is 231 g/mol. The zero-order valence-electron chi connectivity index (χ0n) is 10.2. The molecule has 0 fully saturated rings. The van der Waals surface area contributed by atoms with Crippen LogP contribution in [0.4, 0.5) is 5.82 Å². The largest absolute Gasteiger partial charge is 0.383 e. The van der Waals surface area contributed by atoms with Gasteiger partial charge in [0.05, 0.1) is 12.1 Å².